The Morgan fingerprint density at radius 1 is 1.39 bits per heavy atom. The first-order chi connectivity index (χ1) is 10.7. The second kappa shape index (κ2) is 5.84. The number of ether oxygens (including phenoxy) is 1. The van der Waals surface area contributed by atoms with Gasteiger partial charge in [0.05, 0.1) is 11.9 Å². The van der Waals surface area contributed by atoms with Gasteiger partial charge in [-0.15, -0.1) is 0 Å². The van der Waals surface area contributed by atoms with Crippen LogP contribution in [0.5, 0.6) is 5.75 Å². The van der Waals surface area contributed by atoms with Gasteiger partial charge in [-0.05, 0) is 24.6 Å². The lowest BCUT2D eigenvalue weighted by Gasteiger charge is -2.17. The maximum absolute atomic E-state index is 13.5. The van der Waals surface area contributed by atoms with Crippen LogP contribution in [0, 0.1) is 23.6 Å². The van der Waals surface area contributed by atoms with Crippen molar-refractivity contribution in [2.75, 3.05) is 7.11 Å². The van der Waals surface area contributed by atoms with Crippen molar-refractivity contribution in [1.82, 2.24) is 9.55 Å². The SMILES string of the molecule is COC(F)(F)C(=N)n1cc(-c2cc(F)c(O)cc2C)ncc1=N. The smallest absolute Gasteiger partial charge is 0.415 e. The summed E-state index contributed by atoms with van der Waals surface area (Å²) in [7, 11) is 0.736. The van der Waals surface area contributed by atoms with E-state index in [0.29, 0.717) is 10.1 Å². The van der Waals surface area contributed by atoms with Gasteiger partial charge in [0.25, 0.3) is 0 Å². The number of benzene rings is 1. The van der Waals surface area contributed by atoms with E-state index in [1.807, 2.05) is 0 Å². The van der Waals surface area contributed by atoms with Crippen molar-refractivity contribution in [2.24, 2.45) is 0 Å². The van der Waals surface area contributed by atoms with E-state index in [-0.39, 0.29) is 11.3 Å². The Morgan fingerprint density at radius 2 is 2.04 bits per heavy atom. The lowest BCUT2D eigenvalue weighted by Crippen LogP contribution is -2.40. The maximum atomic E-state index is 13.5. The van der Waals surface area contributed by atoms with Crippen LogP contribution in [0.2, 0.25) is 0 Å². The molecule has 0 fully saturated rings. The van der Waals surface area contributed by atoms with Gasteiger partial charge in [0, 0.05) is 18.9 Å². The number of aromatic hydroxyl groups is 1. The van der Waals surface area contributed by atoms with Crippen LogP contribution < -0.4 is 5.49 Å². The van der Waals surface area contributed by atoms with E-state index in [4.69, 9.17) is 10.8 Å². The molecule has 9 heteroatoms. The first-order valence-corrected chi connectivity index (χ1v) is 6.32. The molecule has 1 heterocycles. The third-order valence-corrected chi connectivity index (χ3v) is 3.18. The Hall–Kier alpha value is -2.68. The molecule has 3 N–H and O–H groups in total. The van der Waals surface area contributed by atoms with E-state index in [0.717, 1.165) is 25.6 Å². The van der Waals surface area contributed by atoms with E-state index in [1.54, 1.807) is 6.92 Å². The van der Waals surface area contributed by atoms with Crippen molar-refractivity contribution in [3.63, 3.8) is 0 Å². The Kier molecular flexibility index (Phi) is 4.24. The molecule has 0 amide bonds. The van der Waals surface area contributed by atoms with Gasteiger partial charge in [-0.25, -0.2) is 4.39 Å². The normalized spacial score (nSPS) is 11.5. The maximum Gasteiger partial charge on any atom is 0.415 e. The molecule has 0 unspecified atom stereocenters. The highest BCUT2D eigenvalue weighted by Crippen LogP contribution is 2.27. The fourth-order valence-electron chi connectivity index (χ4n) is 1.92. The summed E-state index contributed by atoms with van der Waals surface area (Å²) in [6.45, 7) is 1.57. The summed E-state index contributed by atoms with van der Waals surface area (Å²) in [6, 6.07) is 2.17. The number of phenols is 1. The number of hydrogen-bond donors (Lipinski definition) is 3. The molecule has 0 aliphatic heterocycles. The Balaban J connectivity index is 2.61. The lowest BCUT2D eigenvalue weighted by molar-refractivity contribution is -0.165. The Morgan fingerprint density at radius 3 is 2.65 bits per heavy atom. The van der Waals surface area contributed by atoms with Crippen LogP contribution in [0.15, 0.2) is 24.5 Å². The zero-order valence-corrected chi connectivity index (χ0v) is 12.2. The van der Waals surface area contributed by atoms with Crippen molar-refractivity contribution in [3.05, 3.63) is 41.4 Å². The zero-order chi connectivity index (χ0) is 17.4. The number of nitrogens with one attached hydrogen (secondary N) is 2. The summed E-state index contributed by atoms with van der Waals surface area (Å²) in [6.07, 6.45) is -1.93. The van der Waals surface area contributed by atoms with Crippen LogP contribution in [0.25, 0.3) is 11.3 Å². The predicted octanol–water partition coefficient (Wildman–Crippen LogP) is 2.25. The van der Waals surface area contributed by atoms with Crippen molar-refractivity contribution >= 4 is 5.84 Å². The molecule has 0 aliphatic rings. The molecule has 0 saturated heterocycles. The second-order valence-electron chi connectivity index (χ2n) is 4.72. The molecule has 0 atom stereocenters. The summed E-state index contributed by atoms with van der Waals surface area (Å²) in [4.78, 5) is 3.89. The van der Waals surface area contributed by atoms with Crippen molar-refractivity contribution in [2.45, 2.75) is 13.0 Å². The molecule has 23 heavy (non-hydrogen) atoms. The molecule has 2 aromatic rings. The predicted molar refractivity (Wildman–Crippen MR) is 75.0 cm³/mol. The minimum atomic E-state index is -3.89. The number of halogens is 3. The molecule has 6 nitrogen and oxygen atoms in total. The quantitative estimate of drug-likeness (QED) is 0.596. The topological polar surface area (TPSA) is 95.0 Å². The fourth-order valence-corrected chi connectivity index (χ4v) is 1.92. The Labute approximate surface area is 128 Å². The van der Waals surface area contributed by atoms with Crippen LogP contribution in [-0.4, -0.2) is 33.7 Å². The van der Waals surface area contributed by atoms with E-state index in [1.165, 1.54) is 6.07 Å². The molecule has 0 radical (unpaired) electrons. The van der Waals surface area contributed by atoms with Gasteiger partial charge in [0.15, 0.2) is 11.6 Å². The molecule has 1 aromatic heterocycles. The summed E-state index contributed by atoms with van der Waals surface area (Å²) < 4.78 is 45.0. The van der Waals surface area contributed by atoms with Crippen molar-refractivity contribution < 1.29 is 23.0 Å². The first-order valence-electron chi connectivity index (χ1n) is 6.32. The minimum absolute atomic E-state index is 0.0639. The van der Waals surface area contributed by atoms with Gasteiger partial charge in [0.1, 0.15) is 5.49 Å². The zero-order valence-electron chi connectivity index (χ0n) is 12.2. The molecular weight excluding hydrogens is 313 g/mol. The lowest BCUT2D eigenvalue weighted by atomic mass is 10.1. The number of nitrogens with zero attached hydrogens (tertiary/aromatic N) is 2. The number of aryl methyl sites for hydroxylation is 1. The molecule has 0 spiro atoms. The summed E-state index contributed by atoms with van der Waals surface area (Å²) in [5, 5.41) is 24.4. The molecule has 0 saturated carbocycles. The Bertz CT molecular complexity index is 833. The second-order valence-corrected chi connectivity index (χ2v) is 4.72. The molecular formula is C14H13F3N4O2. The van der Waals surface area contributed by atoms with Crippen molar-refractivity contribution in [1.29, 1.82) is 10.8 Å². The fraction of sp³-hybridized carbons (Fsp3) is 0.214. The number of alkyl halides is 2. The first kappa shape index (κ1) is 16.7. The highest BCUT2D eigenvalue weighted by atomic mass is 19.3. The van der Waals surface area contributed by atoms with Crippen LogP contribution in [0.3, 0.4) is 0 Å². The average Bonchev–Trinajstić information content (AvgIpc) is 2.51. The van der Waals surface area contributed by atoms with E-state index < -0.39 is 29.0 Å². The summed E-state index contributed by atoms with van der Waals surface area (Å²) in [5.41, 5.74) is 0.287. The van der Waals surface area contributed by atoms with E-state index >= 15 is 0 Å². The molecule has 0 aliphatic carbocycles. The number of rotatable bonds is 3. The molecule has 0 bridgehead atoms. The molecule has 1 aromatic carbocycles. The van der Waals surface area contributed by atoms with Crippen LogP contribution in [0.1, 0.15) is 5.56 Å². The molecule has 122 valence electrons. The van der Waals surface area contributed by atoms with E-state index in [2.05, 4.69) is 9.72 Å². The van der Waals surface area contributed by atoms with Crippen molar-refractivity contribution in [3.8, 4) is 17.0 Å². The molecule has 2 rings (SSSR count). The third kappa shape index (κ3) is 3.09. The van der Waals surface area contributed by atoms with Gasteiger partial charge in [-0.3, -0.25) is 20.4 Å². The van der Waals surface area contributed by atoms with Crippen LogP contribution >= 0.6 is 0 Å². The van der Waals surface area contributed by atoms with Gasteiger partial charge in [-0.2, -0.15) is 8.78 Å². The highest BCUT2D eigenvalue weighted by molar-refractivity contribution is 5.87. The standard InChI is InChI=1S/C14H13F3N4O2/c1-7-3-11(22)9(15)4-8(7)10-6-21(12(18)5-20-10)13(19)14(16,17)23-2/h3-6,18-19,22H,1-2H3. The van der Waals surface area contributed by atoms with Crippen LogP contribution in [0.4, 0.5) is 13.2 Å². The number of hydrogen-bond acceptors (Lipinski definition) is 5. The highest BCUT2D eigenvalue weighted by Gasteiger charge is 2.36. The van der Waals surface area contributed by atoms with Gasteiger partial charge in [-0.1, -0.05) is 0 Å². The monoisotopic (exact) mass is 326 g/mol. The van der Waals surface area contributed by atoms with Gasteiger partial charge >= 0.3 is 6.11 Å². The largest absolute Gasteiger partial charge is 0.505 e. The minimum Gasteiger partial charge on any atom is -0.505 e. The average molecular weight is 326 g/mol. The van der Waals surface area contributed by atoms with E-state index in [9.17, 15) is 18.3 Å². The third-order valence-electron chi connectivity index (χ3n) is 3.18. The van der Waals surface area contributed by atoms with Gasteiger partial charge in [0.2, 0.25) is 5.84 Å². The number of phenolic OH excluding ortho intramolecular Hbond substituents is 1. The van der Waals surface area contributed by atoms with Crippen LogP contribution in [-0.2, 0) is 4.74 Å². The number of methoxy groups -OCH3 is 1. The van der Waals surface area contributed by atoms with Gasteiger partial charge < -0.3 is 9.84 Å². The summed E-state index contributed by atoms with van der Waals surface area (Å²) in [5.74, 6) is -2.72. The number of aromatic nitrogens is 2. The summed E-state index contributed by atoms with van der Waals surface area (Å²) >= 11 is 0.